The number of benzene rings is 3. The normalized spacial score (nSPS) is 13.7. The fourth-order valence-electron chi connectivity index (χ4n) is 3.57. The lowest BCUT2D eigenvalue weighted by molar-refractivity contribution is -0.120. The first-order chi connectivity index (χ1) is 14.6. The Labute approximate surface area is 175 Å². The highest BCUT2D eigenvalue weighted by atomic mass is 16.5. The molecule has 0 bridgehead atoms. The highest BCUT2D eigenvalue weighted by Crippen LogP contribution is 2.36. The molecule has 0 saturated heterocycles. The molecule has 4 rings (SSSR count). The predicted molar refractivity (Wildman–Crippen MR) is 118 cm³/mol. The molecule has 2 amide bonds. The number of imide groups is 1. The summed E-state index contributed by atoms with van der Waals surface area (Å²) in [5, 5.41) is 0. The lowest BCUT2D eigenvalue weighted by atomic mass is 10.0. The van der Waals surface area contributed by atoms with E-state index in [1.54, 1.807) is 36.2 Å². The third kappa shape index (κ3) is 3.46. The van der Waals surface area contributed by atoms with Crippen molar-refractivity contribution in [2.45, 2.75) is 6.92 Å². The van der Waals surface area contributed by atoms with Crippen LogP contribution in [0.1, 0.15) is 12.5 Å². The van der Waals surface area contributed by atoms with Gasteiger partial charge in [0.05, 0.1) is 17.9 Å². The van der Waals surface area contributed by atoms with Crippen LogP contribution in [0.15, 0.2) is 90.6 Å². The molecule has 30 heavy (non-hydrogen) atoms. The van der Waals surface area contributed by atoms with Crippen molar-refractivity contribution < 1.29 is 14.3 Å². The van der Waals surface area contributed by atoms with Gasteiger partial charge in [-0.05, 0) is 48.9 Å². The van der Waals surface area contributed by atoms with Crippen molar-refractivity contribution in [3.8, 4) is 5.75 Å². The van der Waals surface area contributed by atoms with Crippen LogP contribution in [-0.4, -0.2) is 25.5 Å². The van der Waals surface area contributed by atoms with Crippen LogP contribution >= 0.6 is 0 Å². The first-order valence-electron chi connectivity index (χ1n) is 9.82. The summed E-state index contributed by atoms with van der Waals surface area (Å²) >= 11 is 0. The smallest absolute Gasteiger partial charge is 0.282 e. The maximum Gasteiger partial charge on any atom is 0.282 e. The van der Waals surface area contributed by atoms with Crippen LogP contribution in [0.5, 0.6) is 5.75 Å². The summed E-state index contributed by atoms with van der Waals surface area (Å²) in [6.45, 7) is 2.45. The molecule has 0 unspecified atom stereocenters. The summed E-state index contributed by atoms with van der Waals surface area (Å²) in [5.41, 5.74) is 2.79. The number of rotatable bonds is 6. The molecule has 0 N–H and O–H groups in total. The Hall–Kier alpha value is -3.86. The Bertz CT molecular complexity index is 1090. The lowest BCUT2D eigenvalue weighted by Crippen LogP contribution is -2.34. The van der Waals surface area contributed by atoms with Gasteiger partial charge in [0.1, 0.15) is 11.4 Å². The largest absolute Gasteiger partial charge is 0.494 e. The standard InChI is InChI=1S/C25H22N2O3/c1-3-30-21-16-14-20(15-17-21)27-24(28)22(18-10-6-4-7-11-18)23(25(27)29)26(2)19-12-8-5-9-13-19/h4-17H,3H2,1-2H3. The average molecular weight is 398 g/mol. The number of ether oxygens (including phenoxy) is 1. The molecule has 150 valence electrons. The van der Waals surface area contributed by atoms with Gasteiger partial charge in [0, 0.05) is 12.7 Å². The van der Waals surface area contributed by atoms with E-state index in [9.17, 15) is 9.59 Å². The molecule has 0 aliphatic carbocycles. The van der Waals surface area contributed by atoms with Crippen LogP contribution in [0, 0.1) is 0 Å². The third-order valence-electron chi connectivity index (χ3n) is 5.01. The van der Waals surface area contributed by atoms with Crippen LogP contribution in [0.25, 0.3) is 5.57 Å². The first kappa shape index (κ1) is 19.5. The van der Waals surface area contributed by atoms with Crippen LogP contribution in [0.3, 0.4) is 0 Å². The maximum atomic E-state index is 13.5. The number of para-hydroxylation sites is 1. The second-order valence-electron chi connectivity index (χ2n) is 6.86. The summed E-state index contributed by atoms with van der Waals surface area (Å²) < 4.78 is 5.48. The molecule has 0 saturated carbocycles. The zero-order valence-corrected chi connectivity index (χ0v) is 16.9. The van der Waals surface area contributed by atoms with E-state index in [4.69, 9.17) is 4.74 Å². The van der Waals surface area contributed by atoms with E-state index in [1.807, 2.05) is 67.6 Å². The number of anilines is 2. The quantitative estimate of drug-likeness (QED) is 0.574. The summed E-state index contributed by atoms with van der Waals surface area (Å²) in [6, 6.07) is 25.8. The van der Waals surface area contributed by atoms with E-state index >= 15 is 0 Å². The van der Waals surface area contributed by atoms with Crippen LogP contribution in [0.2, 0.25) is 0 Å². The van der Waals surface area contributed by atoms with Gasteiger partial charge in [0.2, 0.25) is 0 Å². The van der Waals surface area contributed by atoms with Crippen LogP contribution in [-0.2, 0) is 9.59 Å². The minimum Gasteiger partial charge on any atom is -0.494 e. The summed E-state index contributed by atoms with van der Waals surface area (Å²) in [4.78, 5) is 30.0. The molecule has 0 radical (unpaired) electrons. The van der Waals surface area contributed by atoms with Gasteiger partial charge in [-0.15, -0.1) is 0 Å². The second kappa shape index (κ2) is 8.25. The topological polar surface area (TPSA) is 49.9 Å². The maximum absolute atomic E-state index is 13.5. The van der Waals surface area contributed by atoms with Gasteiger partial charge < -0.3 is 9.64 Å². The van der Waals surface area contributed by atoms with Gasteiger partial charge in [-0.3, -0.25) is 9.59 Å². The fraction of sp³-hybridized carbons (Fsp3) is 0.120. The molecular weight excluding hydrogens is 376 g/mol. The molecular formula is C25H22N2O3. The van der Waals surface area contributed by atoms with Gasteiger partial charge in [-0.1, -0.05) is 48.5 Å². The Balaban J connectivity index is 1.80. The molecule has 5 heteroatoms. The molecule has 0 fully saturated rings. The Morgan fingerprint density at radius 1 is 0.800 bits per heavy atom. The van der Waals surface area contributed by atoms with Crippen LogP contribution < -0.4 is 14.5 Å². The van der Waals surface area contributed by atoms with E-state index < -0.39 is 0 Å². The van der Waals surface area contributed by atoms with Crippen molar-refractivity contribution >= 4 is 28.8 Å². The summed E-state index contributed by atoms with van der Waals surface area (Å²) in [6.07, 6.45) is 0. The number of nitrogens with zero attached hydrogens (tertiary/aromatic N) is 2. The van der Waals surface area contributed by atoms with E-state index in [-0.39, 0.29) is 11.8 Å². The monoisotopic (exact) mass is 398 g/mol. The van der Waals surface area contributed by atoms with Crippen molar-refractivity contribution in [1.29, 1.82) is 0 Å². The molecule has 5 nitrogen and oxygen atoms in total. The number of amides is 2. The number of likely N-dealkylation sites (N-methyl/N-ethyl adjacent to an activating group) is 1. The van der Waals surface area contributed by atoms with Gasteiger partial charge in [-0.25, -0.2) is 4.90 Å². The molecule has 1 aliphatic rings. The van der Waals surface area contributed by atoms with Gasteiger partial charge in [0.25, 0.3) is 11.8 Å². The number of carbonyl (C=O) groups excluding carboxylic acids is 2. The third-order valence-corrected chi connectivity index (χ3v) is 5.01. The van der Waals surface area contributed by atoms with Gasteiger partial charge >= 0.3 is 0 Å². The predicted octanol–water partition coefficient (Wildman–Crippen LogP) is 4.51. The summed E-state index contributed by atoms with van der Waals surface area (Å²) in [5.74, 6) is 0.000668. The van der Waals surface area contributed by atoms with Crippen molar-refractivity contribution in [2.24, 2.45) is 0 Å². The number of hydrogen-bond acceptors (Lipinski definition) is 4. The van der Waals surface area contributed by atoms with Crippen molar-refractivity contribution in [3.05, 3.63) is 96.2 Å². The highest BCUT2D eigenvalue weighted by Gasteiger charge is 2.42. The average Bonchev–Trinajstić information content (AvgIpc) is 3.05. The fourth-order valence-corrected chi connectivity index (χ4v) is 3.57. The zero-order valence-electron chi connectivity index (χ0n) is 16.9. The molecule has 0 spiro atoms. The molecule has 1 heterocycles. The van der Waals surface area contributed by atoms with E-state index in [0.717, 1.165) is 5.69 Å². The van der Waals surface area contributed by atoms with Gasteiger partial charge in [-0.2, -0.15) is 0 Å². The summed E-state index contributed by atoms with van der Waals surface area (Å²) in [7, 11) is 1.81. The van der Waals surface area contributed by atoms with Crippen LogP contribution in [0.4, 0.5) is 11.4 Å². The Morgan fingerprint density at radius 3 is 2.00 bits per heavy atom. The minimum atomic E-state index is -0.352. The molecule has 0 atom stereocenters. The Morgan fingerprint density at radius 2 is 1.40 bits per heavy atom. The minimum absolute atomic E-state index is 0.340. The van der Waals surface area contributed by atoms with Crippen molar-refractivity contribution in [3.63, 3.8) is 0 Å². The van der Waals surface area contributed by atoms with Crippen molar-refractivity contribution in [2.75, 3.05) is 23.5 Å². The second-order valence-corrected chi connectivity index (χ2v) is 6.86. The number of hydrogen-bond donors (Lipinski definition) is 0. The van der Waals surface area contributed by atoms with E-state index in [0.29, 0.717) is 34.9 Å². The molecule has 1 aliphatic heterocycles. The highest BCUT2D eigenvalue weighted by molar-refractivity contribution is 6.46. The number of carbonyl (C=O) groups is 2. The molecule has 3 aromatic rings. The molecule has 3 aromatic carbocycles. The van der Waals surface area contributed by atoms with E-state index in [1.165, 1.54) is 4.90 Å². The zero-order chi connectivity index (χ0) is 21.1. The first-order valence-corrected chi connectivity index (χ1v) is 9.82. The van der Waals surface area contributed by atoms with Crippen molar-refractivity contribution in [1.82, 2.24) is 0 Å². The Kier molecular flexibility index (Phi) is 5.35. The molecule has 0 aromatic heterocycles. The van der Waals surface area contributed by atoms with Gasteiger partial charge in [0.15, 0.2) is 0 Å². The SMILES string of the molecule is CCOc1ccc(N2C(=O)C(c3ccccc3)=C(N(C)c3ccccc3)C2=O)cc1. The van der Waals surface area contributed by atoms with E-state index in [2.05, 4.69) is 0 Å². The lowest BCUT2D eigenvalue weighted by Gasteiger charge is -2.21.